The lowest BCUT2D eigenvalue weighted by atomic mass is 10.2. The van der Waals surface area contributed by atoms with E-state index < -0.39 is 5.97 Å². The second kappa shape index (κ2) is 5.66. The highest BCUT2D eigenvalue weighted by Crippen LogP contribution is 2.04. The van der Waals surface area contributed by atoms with Crippen LogP contribution in [0.3, 0.4) is 0 Å². The summed E-state index contributed by atoms with van der Waals surface area (Å²) in [6, 6.07) is 2.72. The molecule has 0 saturated heterocycles. The average molecular weight is 232 g/mol. The summed E-state index contributed by atoms with van der Waals surface area (Å²) in [5.74, 6) is 1.00. The van der Waals surface area contributed by atoms with Crippen molar-refractivity contribution in [2.75, 3.05) is 13.1 Å². The SMILES string of the molecule is C#CCN(CC)C(=O)c1ccc(C(=O)O)cn1. The maximum atomic E-state index is 11.9. The fraction of sp³-hybridized carbons (Fsp3) is 0.250. The molecule has 1 aromatic rings. The Balaban J connectivity index is 2.89. The molecule has 0 aliphatic rings. The first-order chi connectivity index (χ1) is 8.10. The fourth-order valence-electron chi connectivity index (χ4n) is 1.25. The molecule has 17 heavy (non-hydrogen) atoms. The molecule has 5 heteroatoms. The van der Waals surface area contributed by atoms with Crippen molar-refractivity contribution in [1.82, 2.24) is 9.88 Å². The molecular formula is C12H12N2O3. The highest BCUT2D eigenvalue weighted by molar-refractivity contribution is 5.93. The van der Waals surface area contributed by atoms with Gasteiger partial charge in [-0.15, -0.1) is 6.42 Å². The number of terminal acetylenes is 1. The Morgan fingerprint density at radius 3 is 2.65 bits per heavy atom. The molecule has 0 atom stereocenters. The summed E-state index contributed by atoms with van der Waals surface area (Å²) in [5, 5.41) is 8.69. The largest absolute Gasteiger partial charge is 0.478 e. The first kappa shape index (κ1) is 12.7. The predicted molar refractivity (Wildman–Crippen MR) is 61.6 cm³/mol. The molecular weight excluding hydrogens is 220 g/mol. The van der Waals surface area contributed by atoms with Crippen LogP contribution in [0.1, 0.15) is 27.8 Å². The van der Waals surface area contributed by atoms with Gasteiger partial charge in [-0.3, -0.25) is 9.78 Å². The Morgan fingerprint density at radius 1 is 1.53 bits per heavy atom. The van der Waals surface area contributed by atoms with E-state index in [2.05, 4.69) is 10.9 Å². The van der Waals surface area contributed by atoms with Crippen LogP contribution < -0.4 is 0 Å². The molecule has 0 spiro atoms. The first-order valence-corrected chi connectivity index (χ1v) is 5.02. The van der Waals surface area contributed by atoms with E-state index in [-0.39, 0.29) is 23.7 Å². The van der Waals surface area contributed by atoms with Crippen molar-refractivity contribution < 1.29 is 14.7 Å². The van der Waals surface area contributed by atoms with Crippen LogP contribution in [0.25, 0.3) is 0 Å². The molecule has 5 nitrogen and oxygen atoms in total. The minimum Gasteiger partial charge on any atom is -0.478 e. The van der Waals surface area contributed by atoms with Gasteiger partial charge in [0.05, 0.1) is 12.1 Å². The molecule has 0 saturated carbocycles. The zero-order valence-electron chi connectivity index (χ0n) is 9.38. The quantitative estimate of drug-likeness (QED) is 0.782. The second-order valence-corrected chi connectivity index (χ2v) is 3.26. The maximum absolute atomic E-state index is 11.9. The summed E-state index contributed by atoms with van der Waals surface area (Å²) < 4.78 is 0. The molecule has 88 valence electrons. The topological polar surface area (TPSA) is 70.5 Å². The van der Waals surface area contributed by atoms with E-state index in [0.29, 0.717) is 6.54 Å². The summed E-state index contributed by atoms with van der Waals surface area (Å²) in [6.45, 7) is 2.49. The van der Waals surface area contributed by atoms with Gasteiger partial charge in [-0.05, 0) is 19.1 Å². The molecule has 0 aliphatic carbocycles. The number of aromatic nitrogens is 1. The Hall–Kier alpha value is -2.35. The van der Waals surface area contributed by atoms with E-state index in [0.717, 1.165) is 6.20 Å². The van der Waals surface area contributed by atoms with E-state index in [9.17, 15) is 9.59 Å². The number of carboxylic acid groups (broad SMARTS) is 1. The zero-order valence-corrected chi connectivity index (χ0v) is 9.38. The van der Waals surface area contributed by atoms with Crippen LogP contribution in [-0.4, -0.2) is 40.0 Å². The number of aromatic carboxylic acids is 1. The van der Waals surface area contributed by atoms with Crippen molar-refractivity contribution in [3.8, 4) is 12.3 Å². The summed E-state index contributed by atoms with van der Waals surface area (Å²) >= 11 is 0. The third kappa shape index (κ3) is 3.05. The number of carboxylic acids is 1. The number of amides is 1. The van der Waals surface area contributed by atoms with Gasteiger partial charge in [-0.1, -0.05) is 5.92 Å². The van der Waals surface area contributed by atoms with E-state index in [1.54, 1.807) is 6.92 Å². The molecule has 0 radical (unpaired) electrons. The van der Waals surface area contributed by atoms with Crippen molar-refractivity contribution in [3.05, 3.63) is 29.6 Å². The highest BCUT2D eigenvalue weighted by Gasteiger charge is 2.15. The number of hydrogen-bond donors (Lipinski definition) is 1. The number of rotatable bonds is 4. The number of nitrogens with zero attached hydrogens (tertiary/aromatic N) is 2. The smallest absolute Gasteiger partial charge is 0.337 e. The van der Waals surface area contributed by atoms with Gasteiger partial charge in [-0.25, -0.2) is 4.79 Å². The van der Waals surface area contributed by atoms with Gasteiger partial charge in [0.25, 0.3) is 5.91 Å². The molecule has 1 amide bonds. The third-order valence-corrected chi connectivity index (χ3v) is 2.18. The lowest BCUT2D eigenvalue weighted by Gasteiger charge is -2.17. The van der Waals surface area contributed by atoms with Gasteiger partial charge in [0.15, 0.2) is 0 Å². The van der Waals surface area contributed by atoms with Gasteiger partial charge in [0, 0.05) is 12.7 Å². The maximum Gasteiger partial charge on any atom is 0.337 e. The Kier molecular flexibility index (Phi) is 4.23. The van der Waals surface area contributed by atoms with Gasteiger partial charge < -0.3 is 10.0 Å². The van der Waals surface area contributed by atoms with E-state index >= 15 is 0 Å². The van der Waals surface area contributed by atoms with Gasteiger partial charge in [0.2, 0.25) is 0 Å². The van der Waals surface area contributed by atoms with Crippen LogP contribution in [0.4, 0.5) is 0 Å². The Bertz CT molecular complexity index is 460. The predicted octanol–water partition coefficient (Wildman–Crippen LogP) is 0.875. The Labute approximate surface area is 99.1 Å². The molecule has 0 unspecified atom stereocenters. The van der Waals surface area contributed by atoms with Crippen molar-refractivity contribution in [1.29, 1.82) is 0 Å². The molecule has 0 bridgehead atoms. The average Bonchev–Trinajstić information content (AvgIpc) is 2.35. The third-order valence-electron chi connectivity index (χ3n) is 2.18. The molecule has 0 aromatic carbocycles. The fourth-order valence-corrected chi connectivity index (χ4v) is 1.25. The van der Waals surface area contributed by atoms with Gasteiger partial charge >= 0.3 is 5.97 Å². The molecule has 1 aromatic heterocycles. The first-order valence-electron chi connectivity index (χ1n) is 5.02. The summed E-state index contributed by atoms with van der Waals surface area (Å²) in [6.07, 6.45) is 6.29. The molecule has 1 rings (SSSR count). The number of hydrogen-bond acceptors (Lipinski definition) is 3. The van der Waals surface area contributed by atoms with Crippen LogP contribution in [0.15, 0.2) is 18.3 Å². The van der Waals surface area contributed by atoms with Gasteiger partial charge in [-0.2, -0.15) is 0 Å². The van der Waals surface area contributed by atoms with E-state index in [4.69, 9.17) is 11.5 Å². The lowest BCUT2D eigenvalue weighted by Crippen LogP contribution is -2.31. The van der Waals surface area contributed by atoms with Crippen LogP contribution >= 0.6 is 0 Å². The van der Waals surface area contributed by atoms with Crippen molar-refractivity contribution in [2.45, 2.75) is 6.92 Å². The number of carbonyl (C=O) groups is 2. The van der Waals surface area contributed by atoms with E-state index in [1.807, 2.05) is 0 Å². The highest BCUT2D eigenvalue weighted by atomic mass is 16.4. The summed E-state index contributed by atoms with van der Waals surface area (Å²) in [5.41, 5.74) is 0.230. The minimum absolute atomic E-state index is 0.0431. The lowest BCUT2D eigenvalue weighted by molar-refractivity contribution is 0.0693. The molecule has 0 aliphatic heterocycles. The van der Waals surface area contributed by atoms with Crippen molar-refractivity contribution >= 4 is 11.9 Å². The second-order valence-electron chi connectivity index (χ2n) is 3.26. The normalized spacial score (nSPS) is 9.41. The zero-order chi connectivity index (χ0) is 12.8. The van der Waals surface area contributed by atoms with Crippen LogP contribution in [-0.2, 0) is 0 Å². The summed E-state index contributed by atoms with van der Waals surface area (Å²) in [7, 11) is 0. The number of carbonyl (C=O) groups excluding carboxylic acids is 1. The standard InChI is InChI=1S/C12H12N2O3/c1-3-7-14(4-2)11(15)10-6-5-9(8-13-10)12(16)17/h1,5-6,8H,4,7H2,2H3,(H,16,17). The van der Waals surface area contributed by atoms with Crippen molar-refractivity contribution in [3.63, 3.8) is 0 Å². The molecule has 1 N–H and O–H groups in total. The molecule has 1 heterocycles. The molecule has 0 fully saturated rings. The van der Waals surface area contributed by atoms with Crippen LogP contribution in [0.5, 0.6) is 0 Å². The minimum atomic E-state index is -1.08. The summed E-state index contributed by atoms with van der Waals surface area (Å²) in [4.78, 5) is 27.7. The number of pyridine rings is 1. The van der Waals surface area contributed by atoms with Crippen LogP contribution in [0, 0.1) is 12.3 Å². The van der Waals surface area contributed by atoms with Crippen molar-refractivity contribution in [2.24, 2.45) is 0 Å². The monoisotopic (exact) mass is 232 g/mol. The Morgan fingerprint density at radius 2 is 2.24 bits per heavy atom. The van der Waals surface area contributed by atoms with Gasteiger partial charge in [0.1, 0.15) is 5.69 Å². The van der Waals surface area contributed by atoms with E-state index in [1.165, 1.54) is 17.0 Å². The van der Waals surface area contributed by atoms with Crippen LogP contribution in [0.2, 0.25) is 0 Å².